The highest BCUT2D eigenvalue weighted by Crippen LogP contribution is 2.14. The monoisotopic (exact) mass is 298 g/mol. The maximum atomic E-state index is 12.2. The van der Waals surface area contributed by atoms with Gasteiger partial charge in [-0.1, -0.05) is 44.2 Å². The van der Waals surface area contributed by atoms with Gasteiger partial charge in [-0.2, -0.15) is 0 Å². The van der Waals surface area contributed by atoms with Crippen LogP contribution in [0, 0.1) is 5.92 Å². The molecule has 1 aromatic carbocycles. The molecule has 1 amide bonds. The summed E-state index contributed by atoms with van der Waals surface area (Å²) in [6.45, 7) is 6.15. The van der Waals surface area contributed by atoms with Crippen molar-refractivity contribution in [1.82, 2.24) is 10.3 Å². The summed E-state index contributed by atoms with van der Waals surface area (Å²) >= 11 is 0. The van der Waals surface area contributed by atoms with Gasteiger partial charge in [0.25, 0.3) is 11.5 Å². The Morgan fingerprint density at radius 1 is 1.09 bits per heavy atom. The Morgan fingerprint density at radius 3 is 2.36 bits per heavy atom. The van der Waals surface area contributed by atoms with Crippen LogP contribution in [0.5, 0.6) is 0 Å². The van der Waals surface area contributed by atoms with Crippen molar-refractivity contribution in [3.05, 3.63) is 58.4 Å². The third-order valence-electron chi connectivity index (χ3n) is 3.44. The lowest BCUT2D eigenvalue weighted by Gasteiger charge is -2.15. The second kappa shape index (κ2) is 7.07. The standard InChI is InChI=1S/C18H22N2O2/c1-12(2)11-13(3)19-17(21)15-9-10-16(20-18(15)22)14-7-5-4-6-8-14/h4-10,12-13H,11H2,1-3H3,(H,19,21)(H,20,22)/t13-/m1/s1. The molecule has 2 aromatic rings. The van der Waals surface area contributed by atoms with Gasteiger partial charge in [-0.15, -0.1) is 0 Å². The molecule has 0 spiro atoms. The van der Waals surface area contributed by atoms with E-state index in [2.05, 4.69) is 24.1 Å². The van der Waals surface area contributed by atoms with Crippen molar-refractivity contribution in [3.63, 3.8) is 0 Å². The molecule has 0 bridgehead atoms. The minimum Gasteiger partial charge on any atom is -0.349 e. The Bertz CT molecular complexity index is 690. The van der Waals surface area contributed by atoms with Crippen LogP contribution in [-0.2, 0) is 0 Å². The van der Waals surface area contributed by atoms with Crippen molar-refractivity contribution in [3.8, 4) is 11.3 Å². The van der Waals surface area contributed by atoms with Gasteiger partial charge in [0.2, 0.25) is 0 Å². The number of amides is 1. The SMILES string of the molecule is CC(C)C[C@@H](C)NC(=O)c1ccc(-c2ccccc2)[nH]c1=O. The van der Waals surface area contributed by atoms with Gasteiger partial charge in [0.05, 0.1) is 0 Å². The first-order valence-corrected chi connectivity index (χ1v) is 7.57. The maximum Gasteiger partial charge on any atom is 0.261 e. The normalized spacial score (nSPS) is 12.2. The van der Waals surface area contributed by atoms with Crippen LogP contribution < -0.4 is 10.9 Å². The fraction of sp³-hybridized carbons (Fsp3) is 0.333. The Hall–Kier alpha value is -2.36. The van der Waals surface area contributed by atoms with Gasteiger partial charge in [0.15, 0.2) is 0 Å². The van der Waals surface area contributed by atoms with E-state index in [1.807, 2.05) is 37.3 Å². The molecule has 0 unspecified atom stereocenters. The summed E-state index contributed by atoms with van der Waals surface area (Å²) in [5.41, 5.74) is 1.41. The number of nitrogens with one attached hydrogen (secondary N) is 2. The minimum atomic E-state index is -0.365. The molecule has 0 aliphatic carbocycles. The fourth-order valence-electron chi connectivity index (χ4n) is 2.51. The molecule has 0 saturated carbocycles. The van der Waals surface area contributed by atoms with Gasteiger partial charge in [0.1, 0.15) is 5.56 Å². The lowest BCUT2D eigenvalue weighted by Crippen LogP contribution is -2.36. The lowest BCUT2D eigenvalue weighted by atomic mass is 10.0. The molecule has 0 aliphatic heterocycles. The smallest absolute Gasteiger partial charge is 0.261 e. The molecular formula is C18H22N2O2. The zero-order valence-electron chi connectivity index (χ0n) is 13.2. The predicted octanol–water partition coefficient (Wildman–Crippen LogP) is 3.21. The quantitative estimate of drug-likeness (QED) is 0.890. The topological polar surface area (TPSA) is 62.0 Å². The van der Waals surface area contributed by atoms with Crippen LogP contribution in [0.1, 0.15) is 37.6 Å². The van der Waals surface area contributed by atoms with E-state index in [-0.39, 0.29) is 23.1 Å². The average molecular weight is 298 g/mol. The van der Waals surface area contributed by atoms with E-state index in [0.29, 0.717) is 11.6 Å². The Morgan fingerprint density at radius 2 is 1.77 bits per heavy atom. The minimum absolute atomic E-state index is 0.0423. The lowest BCUT2D eigenvalue weighted by molar-refractivity contribution is 0.0934. The van der Waals surface area contributed by atoms with Crippen molar-refractivity contribution in [2.45, 2.75) is 33.2 Å². The summed E-state index contributed by atoms with van der Waals surface area (Å²) in [7, 11) is 0. The first-order valence-electron chi connectivity index (χ1n) is 7.57. The van der Waals surface area contributed by atoms with Crippen LogP contribution in [0.25, 0.3) is 11.3 Å². The van der Waals surface area contributed by atoms with E-state index in [1.54, 1.807) is 12.1 Å². The van der Waals surface area contributed by atoms with Gasteiger partial charge < -0.3 is 10.3 Å². The highest BCUT2D eigenvalue weighted by atomic mass is 16.2. The molecule has 0 radical (unpaired) electrons. The van der Waals surface area contributed by atoms with E-state index in [1.165, 1.54) is 0 Å². The Balaban J connectivity index is 2.16. The fourth-order valence-corrected chi connectivity index (χ4v) is 2.51. The van der Waals surface area contributed by atoms with Crippen LogP contribution in [0.2, 0.25) is 0 Å². The average Bonchev–Trinajstić information content (AvgIpc) is 2.46. The molecule has 116 valence electrons. The summed E-state index contributed by atoms with van der Waals surface area (Å²) in [6, 6.07) is 12.9. The Kier molecular flexibility index (Phi) is 5.15. The van der Waals surface area contributed by atoms with Crippen LogP contribution in [0.4, 0.5) is 0 Å². The van der Waals surface area contributed by atoms with Gasteiger partial charge >= 0.3 is 0 Å². The van der Waals surface area contributed by atoms with Crippen molar-refractivity contribution in [2.75, 3.05) is 0 Å². The molecule has 2 N–H and O–H groups in total. The largest absolute Gasteiger partial charge is 0.349 e. The highest BCUT2D eigenvalue weighted by molar-refractivity contribution is 5.94. The van der Waals surface area contributed by atoms with Crippen molar-refractivity contribution in [2.24, 2.45) is 5.92 Å². The number of carbonyl (C=O) groups is 1. The van der Waals surface area contributed by atoms with Gasteiger partial charge in [-0.3, -0.25) is 9.59 Å². The van der Waals surface area contributed by atoms with Gasteiger partial charge in [-0.25, -0.2) is 0 Å². The molecule has 22 heavy (non-hydrogen) atoms. The van der Waals surface area contributed by atoms with Gasteiger partial charge in [-0.05, 0) is 37.0 Å². The molecule has 4 nitrogen and oxygen atoms in total. The number of rotatable bonds is 5. The number of aromatic nitrogens is 1. The number of carbonyl (C=O) groups excluding carboxylic acids is 1. The van der Waals surface area contributed by atoms with Crippen molar-refractivity contribution in [1.29, 1.82) is 0 Å². The third kappa shape index (κ3) is 4.07. The first kappa shape index (κ1) is 16.0. The summed E-state index contributed by atoms with van der Waals surface area (Å²) in [5.74, 6) is 0.169. The number of hydrogen-bond acceptors (Lipinski definition) is 2. The number of pyridine rings is 1. The number of hydrogen-bond donors (Lipinski definition) is 2. The van der Waals surface area contributed by atoms with Crippen LogP contribution in [0.3, 0.4) is 0 Å². The van der Waals surface area contributed by atoms with Crippen molar-refractivity contribution >= 4 is 5.91 Å². The molecule has 0 saturated heterocycles. The summed E-state index contributed by atoms with van der Waals surface area (Å²) in [4.78, 5) is 27.1. The second-order valence-corrected chi connectivity index (χ2v) is 5.98. The van der Waals surface area contributed by atoms with E-state index >= 15 is 0 Å². The van der Waals surface area contributed by atoms with Crippen molar-refractivity contribution < 1.29 is 4.79 Å². The van der Waals surface area contributed by atoms with Crippen LogP contribution >= 0.6 is 0 Å². The molecular weight excluding hydrogens is 276 g/mol. The summed E-state index contributed by atoms with van der Waals surface area (Å²) < 4.78 is 0. The molecule has 2 rings (SSSR count). The molecule has 1 atom stereocenters. The van der Waals surface area contributed by atoms with Crippen LogP contribution in [-0.4, -0.2) is 16.9 Å². The number of benzene rings is 1. The molecule has 4 heteroatoms. The summed E-state index contributed by atoms with van der Waals surface area (Å²) in [6.07, 6.45) is 0.881. The van der Waals surface area contributed by atoms with E-state index < -0.39 is 0 Å². The van der Waals surface area contributed by atoms with Crippen LogP contribution in [0.15, 0.2) is 47.3 Å². The molecule has 0 aliphatic rings. The molecule has 1 aromatic heterocycles. The third-order valence-corrected chi connectivity index (χ3v) is 3.44. The van der Waals surface area contributed by atoms with Gasteiger partial charge in [0, 0.05) is 11.7 Å². The Labute approximate surface area is 130 Å². The van der Waals surface area contributed by atoms with E-state index in [0.717, 1.165) is 12.0 Å². The maximum absolute atomic E-state index is 12.2. The second-order valence-electron chi connectivity index (χ2n) is 5.98. The number of aromatic amines is 1. The zero-order valence-corrected chi connectivity index (χ0v) is 13.2. The zero-order chi connectivity index (χ0) is 16.1. The van der Waals surface area contributed by atoms with E-state index in [4.69, 9.17) is 0 Å². The van der Waals surface area contributed by atoms with E-state index in [9.17, 15) is 9.59 Å². The molecule has 0 fully saturated rings. The highest BCUT2D eigenvalue weighted by Gasteiger charge is 2.14. The molecule has 1 heterocycles. The summed E-state index contributed by atoms with van der Waals surface area (Å²) in [5, 5.41) is 2.87. The predicted molar refractivity (Wildman–Crippen MR) is 88.9 cm³/mol. The first-order chi connectivity index (χ1) is 10.5. The number of H-pyrrole nitrogens is 1.